The number of carbonyl (C=O) groups is 1. The van der Waals surface area contributed by atoms with E-state index in [0.29, 0.717) is 6.61 Å². The van der Waals surface area contributed by atoms with Gasteiger partial charge in [-0.25, -0.2) is 9.37 Å². The Kier molecular flexibility index (Phi) is 5.78. The molecule has 0 radical (unpaired) electrons. The first-order valence-electron chi connectivity index (χ1n) is 5.34. The lowest BCUT2D eigenvalue weighted by molar-refractivity contribution is -0.458. The molecule has 0 aliphatic heterocycles. The Labute approximate surface area is 97.6 Å². The third-order valence-corrected chi connectivity index (χ3v) is 1.42. The minimum atomic E-state index is -0.509. The Balaban J connectivity index is 4.73. The van der Waals surface area contributed by atoms with Gasteiger partial charge in [0.05, 0.1) is 12.7 Å². The molecule has 0 fully saturated rings. The monoisotopic (exact) mass is 228 g/mol. The van der Waals surface area contributed by atoms with Crippen molar-refractivity contribution in [1.29, 1.82) is 0 Å². The summed E-state index contributed by atoms with van der Waals surface area (Å²) in [5.74, 6) is -0.210. The molecule has 4 nitrogen and oxygen atoms in total. The fourth-order valence-electron chi connectivity index (χ4n) is 0.876. The summed E-state index contributed by atoms with van der Waals surface area (Å²) in [5, 5.41) is 0. The van der Waals surface area contributed by atoms with Gasteiger partial charge in [-0.15, -0.1) is 0 Å². The first-order chi connectivity index (χ1) is 7.26. The summed E-state index contributed by atoms with van der Waals surface area (Å²) in [7, 11) is 3.74. The molecule has 0 aliphatic carbocycles. The number of allylic oxidation sites excluding steroid dienone is 1. The Bertz CT molecular complexity index is 294. The van der Waals surface area contributed by atoms with Crippen LogP contribution in [0.2, 0.25) is 0 Å². The maximum atomic E-state index is 11.7. The number of hydrogen-bond donors (Lipinski definition) is 0. The van der Waals surface area contributed by atoms with Gasteiger partial charge in [0, 0.05) is 0 Å². The molecule has 0 atom stereocenters. The van der Waals surface area contributed by atoms with Gasteiger partial charge in [0.15, 0.2) is 6.21 Å². The molecule has 0 saturated carbocycles. The number of hydrogen-bond acceptors (Lipinski definition) is 3. The smallest absolute Gasteiger partial charge is 0.374 e. The summed E-state index contributed by atoms with van der Waals surface area (Å²) < 4.78 is 12.3. The molecule has 0 aromatic rings. The minimum absolute atomic E-state index is 0.228. The maximum absolute atomic E-state index is 11.7. The molecule has 0 amide bonds. The van der Waals surface area contributed by atoms with Gasteiger partial charge in [0.2, 0.25) is 5.76 Å². The van der Waals surface area contributed by atoms with Crippen molar-refractivity contribution in [1.82, 2.24) is 0 Å². The molecule has 0 saturated heterocycles. The molecule has 0 aromatic carbocycles. The van der Waals surface area contributed by atoms with E-state index >= 15 is 0 Å². The van der Waals surface area contributed by atoms with Gasteiger partial charge in [-0.05, 0) is 27.7 Å². The van der Waals surface area contributed by atoms with E-state index in [4.69, 9.17) is 9.47 Å². The van der Waals surface area contributed by atoms with E-state index < -0.39 is 11.6 Å². The zero-order valence-electron chi connectivity index (χ0n) is 11.0. The van der Waals surface area contributed by atoms with Crippen molar-refractivity contribution in [3.63, 3.8) is 0 Å². The highest BCUT2D eigenvalue weighted by atomic mass is 16.6. The highest BCUT2D eigenvalue weighted by Gasteiger charge is 2.20. The van der Waals surface area contributed by atoms with Crippen LogP contribution in [-0.4, -0.2) is 43.1 Å². The minimum Gasteiger partial charge on any atom is -0.487 e. The fraction of sp³-hybridized carbons (Fsp3) is 0.667. The number of ether oxygens (including phenoxy) is 2. The van der Waals surface area contributed by atoms with E-state index in [0.717, 1.165) is 0 Å². The van der Waals surface area contributed by atoms with E-state index in [1.165, 1.54) is 0 Å². The Morgan fingerprint density at radius 2 is 1.88 bits per heavy atom. The molecule has 0 bridgehead atoms. The first kappa shape index (κ1) is 14.7. The van der Waals surface area contributed by atoms with Crippen molar-refractivity contribution in [2.24, 2.45) is 0 Å². The fourth-order valence-corrected chi connectivity index (χ4v) is 0.876. The number of rotatable bonds is 4. The second-order valence-electron chi connectivity index (χ2n) is 4.58. The van der Waals surface area contributed by atoms with Crippen molar-refractivity contribution in [3.05, 3.63) is 11.8 Å². The third kappa shape index (κ3) is 7.04. The van der Waals surface area contributed by atoms with Gasteiger partial charge in [0.25, 0.3) is 0 Å². The Hall–Kier alpha value is -1.32. The summed E-state index contributed by atoms with van der Waals surface area (Å²) in [6, 6.07) is 0. The van der Waals surface area contributed by atoms with Crippen molar-refractivity contribution in [3.8, 4) is 0 Å². The van der Waals surface area contributed by atoms with Gasteiger partial charge in [-0.1, -0.05) is 0 Å². The second-order valence-corrected chi connectivity index (χ2v) is 4.58. The normalized spacial score (nSPS) is 12.0. The van der Waals surface area contributed by atoms with E-state index in [1.807, 2.05) is 46.4 Å². The van der Waals surface area contributed by atoms with Gasteiger partial charge in [0.1, 0.15) is 19.7 Å². The largest absolute Gasteiger partial charge is 0.487 e. The lowest BCUT2D eigenvalue weighted by Gasteiger charge is -2.20. The number of esters is 1. The van der Waals surface area contributed by atoms with Gasteiger partial charge in [-0.3, -0.25) is 0 Å². The quantitative estimate of drug-likeness (QED) is 0.241. The maximum Gasteiger partial charge on any atom is 0.374 e. The zero-order chi connectivity index (χ0) is 12.8. The van der Waals surface area contributed by atoms with Crippen LogP contribution in [0.4, 0.5) is 0 Å². The van der Waals surface area contributed by atoms with E-state index in [1.54, 1.807) is 12.3 Å². The van der Waals surface area contributed by atoms with Crippen molar-refractivity contribution < 1.29 is 18.8 Å². The van der Waals surface area contributed by atoms with Crippen LogP contribution in [0.1, 0.15) is 27.7 Å². The summed E-state index contributed by atoms with van der Waals surface area (Å²) in [6.45, 7) is 7.73. The van der Waals surface area contributed by atoms with E-state index in [-0.39, 0.29) is 5.76 Å². The van der Waals surface area contributed by atoms with Crippen LogP contribution in [0.5, 0.6) is 0 Å². The molecule has 4 heteroatoms. The predicted molar refractivity (Wildman–Crippen MR) is 63.7 cm³/mol. The Morgan fingerprint density at radius 1 is 1.31 bits per heavy atom. The van der Waals surface area contributed by atoms with Crippen LogP contribution >= 0.6 is 0 Å². The number of carbonyl (C=O) groups excluding carboxylic acids is 1. The van der Waals surface area contributed by atoms with Gasteiger partial charge >= 0.3 is 5.97 Å². The molecule has 0 aliphatic rings. The van der Waals surface area contributed by atoms with Gasteiger partial charge < -0.3 is 9.47 Å². The average molecular weight is 228 g/mol. The molecule has 16 heavy (non-hydrogen) atoms. The summed E-state index contributed by atoms with van der Waals surface area (Å²) in [5.41, 5.74) is -0.509. The standard InChI is InChI=1S/C12H22NO3/c1-7-15-10(8-9-13(5)6)11(14)16-12(2,3)4/h8-9H,7H2,1-6H3/q+1. The van der Waals surface area contributed by atoms with Crippen molar-refractivity contribution >= 4 is 12.2 Å². The Morgan fingerprint density at radius 3 is 2.25 bits per heavy atom. The van der Waals surface area contributed by atoms with Crippen LogP contribution in [-0.2, 0) is 14.3 Å². The molecule has 0 spiro atoms. The van der Waals surface area contributed by atoms with Crippen molar-refractivity contribution in [2.75, 3.05) is 20.7 Å². The summed E-state index contributed by atoms with van der Waals surface area (Å²) in [6.07, 6.45) is 3.35. The lowest BCUT2D eigenvalue weighted by atomic mass is 10.2. The molecular weight excluding hydrogens is 206 g/mol. The lowest BCUT2D eigenvalue weighted by Crippen LogP contribution is -2.25. The number of nitrogens with zero attached hydrogens (tertiary/aromatic N) is 1. The van der Waals surface area contributed by atoms with E-state index in [2.05, 4.69) is 0 Å². The second kappa shape index (κ2) is 6.30. The predicted octanol–water partition coefficient (Wildman–Crippen LogP) is 1.59. The molecule has 0 unspecified atom stereocenters. The molecule has 0 N–H and O–H groups in total. The first-order valence-corrected chi connectivity index (χ1v) is 5.34. The highest BCUT2D eigenvalue weighted by Crippen LogP contribution is 2.11. The summed E-state index contributed by atoms with van der Waals surface area (Å²) >= 11 is 0. The SMILES string of the molecule is CCOC(=CC=[N+](C)C)C(=O)OC(C)(C)C. The van der Waals surface area contributed by atoms with Crippen LogP contribution in [0.3, 0.4) is 0 Å². The van der Waals surface area contributed by atoms with Crippen molar-refractivity contribution in [2.45, 2.75) is 33.3 Å². The topological polar surface area (TPSA) is 38.5 Å². The zero-order valence-corrected chi connectivity index (χ0v) is 11.0. The molecule has 92 valence electrons. The van der Waals surface area contributed by atoms with Gasteiger partial charge in [-0.2, -0.15) is 0 Å². The average Bonchev–Trinajstić information content (AvgIpc) is 2.08. The molecule has 0 aromatic heterocycles. The van der Waals surface area contributed by atoms with E-state index in [9.17, 15) is 4.79 Å². The van der Waals surface area contributed by atoms with Crippen LogP contribution < -0.4 is 0 Å². The third-order valence-electron chi connectivity index (χ3n) is 1.42. The summed E-state index contributed by atoms with van der Waals surface area (Å²) in [4.78, 5) is 11.7. The molecule has 0 heterocycles. The highest BCUT2D eigenvalue weighted by molar-refractivity contribution is 5.90. The van der Waals surface area contributed by atoms with Crippen LogP contribution in [0.15, 0.2) is 11.8 Å². The molecular formula is C12H22NO3+. The van der Waals surface area contributed by atoms with Crippen LogP contribution in [0, 0.1) is 0 Å². The van der Waals surface area contributed by atoms with Crippen LogP contribution in [0.25, 0.3) is 0 Å². The molecule has 0 rings (SSSR count).